The summed E-state index contributed by atoms with van der Waals surface area (Å²) >= 11 is 6.09. The summed E-state index contributed by atoms with van der Waals surface area (Å²) in [5.74, 6) is 2.42. The summed E-state index contributed by atoms with van der Waals surface area (Å²) in [5.41, 5.74) is 3.47. The van der Waals surface area contributed by atoms with Gasteiger partial charge in [-0.1, -0.05) is 29.8 Å². The summed E-state index contributed by atoms with van der Waals surface area (Å²) in [7, 11) is 0. The fraction of sp³-hybridized carbons (Fsp3) is 0.556. The van der Waals surface area contributed by atoms with Crippen molar-refractivity contribution >= 4 is 23.7 Å². The Hall–Kier alpha value is -1.35. The van der Waals surface area contributed by atoms with E-state index < -0.39 is 0 Å². The lowest BCUT2D eigenvalue weighted by molar-refractivity contribution is -0.146. The summed E-state index contributed by atoms with van der Waals surface area (Å²) in [5, 5.41) is 4.80. The number of hydrogen-bond donors (Lipinski definition) is 1. The predicted octanol–water partition coefficient (Wildman–Crippen LogP) is 4.01. The lowest BCUT2D eigenvalue weighted by Gasteiger charge is -2.55. The number of amides is 1. The van der Waals surface area contributed by atoms with Crippen molar-refractivity contribution < 1.29 is 4.79 Å². The zero-order valence-electron chi connectivity index (χ0n) is 12.6. The normalized spacial score (nSPS) is 36.0. The first-order chi connectivity index (χ1) is 10.6. The summed E-state index contributed by atoms with van der Waals surface area (Å²) in [6.07, 6.45) is 8.85. The molecule has 3 nitrogen and oxygen atoms in total. The molecule has 4 heteroatoms. The van der Waals surface area contributed by atoms with Crippen LogP contribution in [0.3, 0.4) is 0 Å². The standard InChI is InChI=1S/C18H21ClN2O/c19-16-4-2-1-3-15(16)11-20-21-17(22)18-8-12-5-13(9-18)7-14(6-12)10-18/h1-4,11-14H,5-10H2,(H,21,22)/b20-11+. The quantitative estimate of drug-likeness (QED) is 0.664. The van der Waals surface area contributed by atoms with Crippen molar-refractivity contribution in [3.8, 4) is 0 Å². The van der Waals surface area contributed by atoms with Crippen molar-refractivity contribution in [2.75, 3.05) is 0 Å². The molecule has 1 aromatic rings. The molecule has 0 spiro atoms. The van der Waals surface area contributed by atoms with Crippen LogP contribution in [0.15, 0.2) is 29.4 Å². The third-order valence-corrected chi connectivity index (χ3v) is 6.14. The third-order valence-electron chi connectivity index (χ3n) is 5.79. The van der Waals surface area contributed by atoms with Crippen molar-refractivity contribution in [3.63, 3.8) is 0 Å². The van der Waals surface area contributed by atoms with Gasteiger partial charge in [0.2, 0.25) is 5.91 Å². The molecule has 0 radical (unpaired) electrons. The Kier molecular flexibility index (Phi) is 3.48. The van der Waals surface area contributed by atoms with Crippen molar-refractivity contribution in [3.05, 3.63) is 34.9 Å². The Morgan fingerprint density at radius 3 is 2.32 bits per heavy atom. The van der Waals surface area contributed by atoms with Crippen LogP contribution in [0.25, 0.3) is 0 Å². The lowest BCUT2D eigenvalue weighted by Crippen LogP contribution is -2.52. The number of hydrazone groups is 1. The van der Waals surface area contributed by atoms with Gasteiger partial charge in [-0.2, -0.15) is 5.10 Å². The first-order valence-electron chi connectivity index (χ1n) is 8.23. The predicted molar refractivity (Wildman–Crippen MR) is 87.8 cm³/mol. The molecule has 1 amide bonds. The molecule has 0 aliphatic heterocycles. The van der Waals surface area contributed by atoms with Gasteiger partial charge in [-0.15, -0.1) is 0 Å². The first kappa shape index (κ1) is 14.3. The molecule has 4 aliphatic carbocycles. The molecular weight excluding hydrogens is 296 g/mol. The SMILES string of the molecule is O=C(N/N=C/c1ccccc1Cl)C12CC3CC(CC(C3)C1)C2. The van der Waals surface area contributed by atoms with E-state index in [1.54, 1.807) is 6.21 Å². The van der Waals surface area contributed by atoms with E-state index in [2.05, 4.69) is 10.5 Å². The Labute approximate surface area is 136 Å². The number of hydrogen-bond acceptors (Lipinski definition) is 2. The molecule has 4 bridgehead atoms. The zero-order valence-corrected chi connectivity index (χ0v) is 13.4. The number of nitrogens with zero attached hydrogens (tertiary/aromatic N) is 1. The Morgan fingerprint density at radius 1 is 1.14 bits per heavy atom. The van der Waals surface area contributed by atoms with Gasteiger partial charge < -0.3 is 0 Å². The van der Waals surface area contributed by atoms with E-state index in [1.165, 1.54) is 19.3 Å². The van der Waals surface area contributed by atoms with Crippen LogP contribution in [0.4, 0.5) is 0 Å². The zero-order chi connectivity index (χ0) is 15.2. The molecule has 1 N–H and O–H groups in total. The van der Waals surface area contributed by atoms with Crippen molar-refractivity contribution in [2.45, 2.75) is 38.5 Å². The number of rotatable bonds is 3. The average molecular weight is 317 g/mol. The molecule has 0 unspecified atom stereocenters. The smallest absolute Gasteiger partial charge is 0.246 e. The molecule has 0 heterocycles. The second kappa shape index (κ2) is 5.38. The van der Waals surface area contributed by atoms with Gasteiger partial charge in [0.25, 0.3) is 0 Å². The number of benzene rings is 1. The van der Waals surface area contributed by atoms with E-state index in [4.69, 9.17) is 11.6 Å². The summed E-state index contributed by atoms with van der Waals surface area (Å²) in [6.45, 7) is 0. The minimum absolute atomic E-state index is 0.120. The van der Waals surface area contributed by atoms with Gasteiger partial charge in [0.05, 0.1) is 11.6 Å². The second-order valence-corrected chi connectivity index (χ2v) is 7.83. The van der Waals surface area contributed by atoms with E-state index in [0.717, 1.165) is 42.6 Å². The highest BCUT2D eigenvalue weighted by atomic mass is 35.5. The van der Waals surface area contributed by atoms with E-state index in [0.29, 0.717) is 5.02 Å². The Bertz CT molecular complexity index is 590. The van der Waals surface area contributed by atoms with Crippen molar-refractivity contribution in [1.82, 2.24) is 5.43 Å². The molecule has 22 heavy (non-hydrogen) atoms. The van der Waals surface area contributed by atoms with Crippen LogP contribution in [0.2, 0.25) is 5.02 Å². The van der Waals surface area contributed by atoms with Gasteiger partial charge in [0, 0.05) is 10.6 Å². The minimum Gasteiger partial charge on any atom is -0.273 e. The Balaban J connectivity index is 1.45. The van der Waals surface area contributed by atoms with Crippen LogP contribution in [0.5, 0.6) is 0 Å². The highest BCUT2D eigenvalue weighted by molar-refractivity contribution is 6.33. The fourth-order valence-corrected chi connectivity index (χ4v) is 5.43. The molecule has 0 aromatic heterocycles. The van der Waals surface area contributed by atoms with Gasteiger partial charge >= 0.3 is 0 Å². The highest BCUT2D eigenvalue weighted by Gasteiger charge is 2.54. The molecule has 4 saturated carbocycles. The van der Waals surface area contributed by atoms with Gasteiger partial charge in [-0.25, -0.2) is 5.43 Å². The molecule has 4 aliphatic rings. The van der Waals surface area contributed by atoms with Crippen LogP contribution in [0.1, 0.15) is 44.1 Å². The van der Waals surface area contributed by atoms with Gasteiger partial charge in [-0.3, -0.25) is 4.79 Å². The number of carbonyl (C=O) groups is 1. The van der Waals surface area contributed by atoms with Crippen LogP contribution in [0, 0.1) is 23.2 Å². The summed E-state index contributed by atoms with van der Waals surface area (Å²) < 4.78 is 0. The van der Waals surface area contributed by atoms with E-state index in [-0.39, 0.29) is 11.3 Å². The highest BCUT2D eigenvalue weighted by Crippen LogP contribution is 2.60. The van der Waals surface area contributed by atoms with Crippen molar-refractivity contribution in [1.29, 1.82) is 0 Å². The number of halogens is 1. The summed E-state index contributed by atoms with van der Waals surface area (Å²) in [4.78, 5) is 12.7. The first-order valence-corrected chi connectivity index (χ1v) is 8.60. The van der Waals surface area contributed by atoms with Crippen LogP contribution in [-0.4, -0.2) is 12.1 Å². The number of carbonyl (C=O) groups excluding carboxylic acids is 1. The van der Waals surface area contributed by atoms with E-state index >= 15 is 0 Å². The average Bonchev–Trinajstić information content (AvgIpc) is 2.47. The largest absolute Gasteiger partial charge is 0.273 e. The maximum Gasteiger partial charge on any atom is 0.246 e. The lowest BCUT2D eigenvalue weighted by atomic mass is 9.49. The molecule has 1 aromatic carbocycles. The van der Waals surface area contributed by atoms with Gasteiger partial charge in [0.1, 0.15) is 0 Å². The van der Waals surface area contributed by atoms with E-state index in [1.807, 2.05) is 24.3 Å². The van der Waals surface area contributed by atoms with Crippen molar-refractivity contribution in [2.24, 2.45) is 28.3 Å². The number of nitrogens with one attached hydrogen (secondary N) is 1. The maximum absolute atomic E-state index is 12.7. The van der Waals surface area contributed by atoms with Crippen LogP contribution < -0.4 is 5.43 Å². The molecule has 5 rings (SSSR count). The second-order valence-electron chi connectivity index (χ2n) is 7.42. The topological polar surface area (TPSA) is 41.5 Å². The molecular formula is C18H21ClN2O. The third kappa shape index (κ3) is 2.45. The molecule has 4 fully saturated rings. The molecule has 116 valence electrons. The minimum atomic E-state index is -0.146. The monoisotopic (exact) mass is 316 g/mol. The fourth-order valence-electron chi connectivity index (χ4n) is 5.25. The molecule has 0 saturated heterocycles. The van der Waals surface area contributed by atoms with Crippen LogP contribution >= 0.6 is 11.6 Å². The van der Waals surface area contributed by atoms with Gasteiger partial charge in [-0.05, 0) is 62.3 Å². The summed E-state index contributed by atoms with van der Waals surface area (Å²) in [6, 6.07) is 7.51. The maximum atomic E-state index is 12.7. The van der Waals surface area contributed by atoms with Gasteiger partial charge in [0.15, 0.2) is 0 Å². The van der Waals surface area contributed by atoms with E-state index in [9.17, 15) is 4.79 Å². The molecule has 0 atom stereocenters. The van der Waals surface area contributed by atoms with Crippen LogP contribution in [-0.2, 0) is 4.79 Å². The Morgan fingerprint density at radius 2 is 1.73 bits per heavy atom.